The maximum atomic E-state index is 5.91. The molecule has 0 N–H and O–H groups in total. The summed E-state index contributed by atoms with van der Waals surface area (Å²) in [5.41, 5.74) is 4.71. The molecule has 0 atom stereocenters. The van der Waals surface area contributed by atoms with Crippen molar-refractivity contribution < 1.29 is 9.47 Å². The van der Waals surface area contributed by atoms with Crippen LogP contribution in [0.2, 0.25) is 0 Å². The second kappa shape index (κ2) is 6.67. The van der Waals surface area contributed by atoms with Crippen LogP contribution in [0.1, 0.15) is 22.3 Å². The Labute approximate surface area is 125 Å². The summed E-state index contributed by atoms with van der Waals surface area (Å²) >= 11 is 5.83. The lowest BCUT2D eigenvalue weighted by Gasteiger charge is -2.14. The molecule has 0 amide bonds. The van der Waals surface area contributed by atoms with E-state index in [9.17, 15) is 0 Å². The van der Waals surface area contributed by atoms with Crippen LogP contribution in [0.3, 0.4) is 0 Å². The standard InChI is InChI=1S/C17H19ClO2/c1-12-5-4-6-13(2)15(12)11-20-16-8-7-14(10-18)9-17(16)19-3/h4-9H,10-11H2,1-3H3. The summed E-state index contributed by atoms with van der Waals surface area (Å²) in [7, 11) is 1.64. The molecule has 0 fully saturated rings. The Hall–Kier alpha value is -1.67. The van der Waals surface area contributed by atoms with Crippen LogP contribution in [-0.2, 0) is 12.5 Å². The van der Waals surface area contributed by atoms with Crippen molar-refractivity contribution >= 4 is 11.6 Å². The number of hydrogen-bond donors (Lipinski definition) is 0. The molecule has 106 valence electrons. The monoisotopic (exact) mass is 290 g/mol. The smallest absolute Gasteiger partial charge is 0.161 e. The molecule has 0 spiro atoms. The highest BCUT2D eigenvalue weighted by Crippen LogP contribution is 2.30. The molecule has 0 saturated carbocycles. The van der Waals surface area contributed by atoms with E-state index in [1.54, 1.807) is 7.11 Å². The van der Waals surface area contributed by atoms with Gasteiger partial charge >= 0.3 is 0 Å². The van der Waals surface area contributed by atoms with E-state index in [1.807, 2.05) is 18.2 Å². The van der Waals surface area contributed by atoms with Gasteiger partial charge in [-0.3, -0.25) is 0 Å². The van der Waals surface area contributed by atoms with Crippen molar-refractivity contribution in [1.82, 2.24) is 0 Å². The largest absolute Gasteiger partial charge is 0.493 e. The second-order valence-electron chi connectivity index (χ2n) is 4.78. The van der Waals surface area contributed by atoms with Gasteiger partial charge in [-0.15, -0.1) is 11.6 Å². The third kappa shape index (κ3) is 3.26. The Morgan fingerprint density at radius 1 is 1.00 bits per heavy atom. The first kappa shape index (κ1) is 14.7. The summed E-state index contributed by atoms with van der Waals surface area (Å²) in [5.74, 6) is 1.92. The van der Waals surface area contributed by atoms with Crippen molar-refractivity contribution in [2.24, 2.45) is 0 Å². The van der Waals surface area contributed by atoms with E-state index in [0.717, 1.165) is 17.1 Å². The topological polar surface area (TPSA) is 18.5 Å². The van der Waals surface area contributed by atoms with Crippen molar-refractivity contribution in [2.75, 3.05) is 7.11 Å². The summed E-state index contributed by atoms with van der Waals surface area (Å²) in [6.45, 7) is 4.73. The molecular weight excluding hydrogens is 272 g/mol. The van der Waals surface area contributed by atoms with Gasteiger partial charge in [0.2, 0.25) is 0 Å². The lowest BCUT2D eigenvalue weighted by Crippen LogP contribution is -2.02. The highest BCUT2D eigenvalue weighted by Gasteiger charge is 2.08. The van der Waals surface area contributed by atoms with Crippen LogP contribution in [0.4, 0.5) is 0 Å². The first-order valence-corrected chi connectivity index (χ1v) is 7.10. The normalized spacial score (nSPS) is 10.4. The van der Waals surface area contributed by atoms with Crippen molar-refractivity contribution in [2.45, 2.75) is 26.3 Å². The van der Waals surface area contributed by atoms with E-state index in [1.165, 1.54) is 16.7 Å². The fourth-order valence-corrected chi connectivity index (χ4v) is 2.31. The third-order valence-electron chi connectivity index (χ3n) is 3.40. The van der Waals surface area contributed by atoms with E-state index >= 15 is 0 Å². The Bertz CT molecular complexity index is 573. The highest BCUT2D eigenvalue weighted by molar-refractivity contribution is 6.17. The Morgan fingerprint density at radius 3 is 2.30 bits per heavy atom. The maximum Gasteiger partial charge on any atom is 0.161 e. The van der Waals surface area contributed by atoms with Crippen LogP contribution in [-0.4, -0.2) is 7.11 Å². The van der Waals surface area contributed by atoms with E-state index in [0.29, 0.717) is 12.5 Å². The fourth-order valence-electron chi connectivity index (χ4n) is 2.14. The predicted molar refractivity (Wildman–Crippen MR) is 82.8 cm³/mol. The molecule has 2 rings (SSSR count). The molecule has 20 heavy (non-hydrogen) atoms. The first-order valence-electron chi connectivity index (χ1n) is 6.56. The molecule has 0 aromatic heterocycles. The van der Waals surface area contributed by atoms with Crippen molar-refractivity contribution in [3.05, 3.63) is 58.7 Å². The Kier molecular flexibility index (Phi) is 4.91. The summed E-state index contributed by atoms with van der Waals surface area (Å²) in [5, 5.41) is 0. The number of benzene rings is 2. The van der Waals surface area contributed by atoms with Gasteiger partial charge in [-0.25, -0.2) is 0 Å². The van der Waals surface area contributed by atoms with E-state index < -0.39 is 0 Å². The molecule has 3 heteroatoms. The van der Waals surface area contributed by atoms with Gasteiger partial charge in [-0.05, 0) is 48.2 Å². The minimum Gasteiger partial charge on any atom is -0.493 e. The first-order chi connectivity index (χ1) is 9.65. The molecule has 2 nitrogen and oxygen atoms in total. The van der Waals surface area contributed by atoms with Gasteiger partial charge in [-0.1, -0.05) is 24.3 Å². The molecule has 0 heterocycles. The van der Waals surface area contributed by atoms with Crippen molar-refractivity contribution in [3.63, 3.8) is 0 Å². The zero-order valence-electron chi connectivity index (χ0n) is 12.1. The SMILES string of the molecule is COc1cc(CCl)ccc1OCc1c(C)cccc1C. The minimum atomic E-state index is 0.466. The van der Waals surface area contributed by atoms with E-state index in [-0.39, 0.29) is 0 Å². The summed E-state index contributed by atoms with van der Waals surface area (Å²) in [6.07, 6.45) is 0. The number of alkyl halides is 1. The lowest BCUT2D eigenvalue weighted by molar-refractivity contribution is 0.283. The number of rotatable bonds is 5. The maximum absolute atomic E-state index is 5.91. The van der Waals surface area contributed by atoms with Crippen LogP contribution in [0.15, 0.2) is 36.4 Å². The van der Waals surface area contributed by atoms with Crippen LogP contribution < -0.4 is 9.47 Å². The Balaban J connectivity index is 2.19. The number of hydrogen-bond acceptors (Lipinski definition) is 2. The van der Waals surface area contributed by atoms with Gasteiger partial charge in [0.05, 0.1) is 7.11 Å². The van der Waals surface area contributed by atoms with Gasteiger partial charge in [0.15, 0.2) is 11.5 Å². The van der Waals surface area contributed by atoms with Crippen molar-refractivity contribution in [3.8, 4) is 11.5 Å². The molecule has 0 aliphatic carbocycles. The number of halogens is 1. The van der Waals surface area contributed by atoms with Crippen LogP contribution >= 0.6 is 11.6 Å². The molecule has 0 aliphatic heterocycles. The predicted octanol–water partition coefficient (Wildman–Crippen LogP) is 4.63. The van der Waals surface area contributed by atoms with Crippen LogP contribution in [0.5, 0.6) is 11.5 Å². The van der Waals surface area contributed by atoms with Gasteiger partial charge in [0.1, 0.15) is 6.61 Å². The fraction of sp³-hybridized carbons (Fsp3) is 0.294. The quantitative estimate of drug-likeness (QED) is 0.748. The lowest BCUT2D eigenvalue weighted by atomic mass is 10.0. The van der Waals surface area contributed by atoms with Gasteiger partial charge in [0, 0.05) is 5.88 Å². The zero-order valence-corrected chi connectivity index (χ0v) is 12.8. The van der Waals surface area contributed by atoms with Crippen LogP contribution in [0.25, 0.3) is 0 Å². The molecule has 0 radical (unpaired) electrons. The van der Waals surface area contributed by atoms with Gasteiger partial charge < -0.3 is 9.47 Å². The molecule has 0 bridgehead atoms. The third-order valence-corrected chi connectivity index (χ3v) is 3.71. The van der Waals surface area contributed by atoms with Gasteiger partial charge in [0.25, 0.3) is 0 Å². The average molecular weight is 291 g/mol. The number of ether oxygens (including phenoxy) is 2. The Morgan fingerprint density at radius 2 is 1.70 bits per heavy atom. The van der Waals surface area contributed by atoms with Gasteiger partial charge in [-0.2, -0.15) is 0 Å². The molecule has 0 unspecified atom stereocenters. The molecular formula is C17H19ClO2. The average Bonchev–Trinajstić information content (AvgIpc) is 2.46. The molecule has 2 aromatic carbocycles. The zero-order chi connectivity index (χ0) is 14.5. The highest BCUT2D eigenvalue weighted by atomic mass is 35.5. The van der Waals surface area contributed by atoms with E-state index in [4.69, 9.17) is 21.1 Å². The second-order valence-corrected chi connectivity index (χ2v) is 5.05. The minimum absolute atomic E-state index is 0.466. The number of aryl methyl sites for hydroxylation is 2. The van der Waals surface area contributed by atoms with Crippen molar-refractivity contribution in [1.29, 1.82) is 0 Å². The van der Waals surface area contributed by atoms with Crippen LogP contribution in [0, 0.1) is 13.8 Å². The summed E-state index contributed by atoms with van der Waals surface area (Å²) in [6, 6.07) is 12.0. The molecule has 2 aromatic rings. The summed E-state index contributed by atoms with van der Waals surface area (Å²) < 4.78 is 11.3. The van der Waals surface area contributed by atoms with E-state index in [2.05, 4.69) is 32.0 Å². The molecule has 0 saturated heterocycles. The number of methoxy groups -OCH3 is 1. The summed E-state index contributed by atoms with van der Waals surface area (Å²) in [4.78, 5) is 0. The molecule has 0 aliphatic rings.